The van der Waals surface area contributed by atoms with Crippen molar-refractivity contribution in [3.05, 3.63) is 65.0 Å². The zero-order valence-corrected chi connectivity index (χ0v) is 10.2. The number of pyridine rings is 1. The van der Waals surface area contributed by atoms with Gasteiger partial charge < -0.3 is 0 Å². The third-order valence-corrected chi connectivity index (χ3v) is 2.91. The van der Waals surface area contributed by atoms with Crippen molar-refractivity contribution in [1.82, 2.24) is 0 Å². The monoisotopic (exact) mass is 212 g/mol. The number of rotatable bonds is 2. The minimum absolute atomic E-state index is 0.957. The van der Waals surface area contributed by atoms with Gasteiger partial charge in [0.05, 0.1) is 0 Å². The van der Waals surface area contributed by atoms with Crippen molar-refractivity contribution in [2.24, 2.45) is 0 Å². The van der Waals surface area contributed by atoms with Gasteiger partial charge in [-0.2, -0.15) is 4.57 Å². The molecule has 0 unspecified atom stereocenters. The zero-order valence-electron chi connectivity index (χ0n) is 10.2. The molecule has 0 aliphatic carbocycles. The van der Waals surface area contributed by atoms with Crippen LogP contribution in [0, 0.1) is 20.8 Å². The molecule has 16 heavy (non-hydrogen) atoms. The molecule has 0 fully saturated rings. The van der Waals surface area contributed by atoms with E-state index in [1.54, 1.807) is 0 Å². The van der Waals surface area contributed by atoms with Crippen molar-refractivity contribution in [2.75, 3.05) is 0 Å². The van der Waals surface area contributed by atoms with E-state index in [1.807, 2.05) is 0 Å². The van der Waals surface area contributed by atoms with E-state index in [0.29, 0.717) is 0 Å². The molecule has 1 aromatic heterocycles. The summed E-state index contributed by atoms with van der Waals surface area (Å²) in [6.07, 6.45) is 0. The molecule has 0 saturated carbocycles. The van der Waals surface area contributed by atoms with Gasteiger partial charge in [-0.25, -0.2) is 0 Å². The smallest absolute Gasteiger partial charge is 0.179 e. The summed E-state index contributed by atoms with van der Waals surface area (Å²) in [7, 11) is 0. The van der Waals surface area contributed by atoms with E-state index in [4.69, 9.17) is 0 Å². The summed E-state index contributed by atoms with van der Waals surface area (Å²) < 4.78 is 2.35. The van der Waals surface area contributed by atoms with Gasteiger partial charge in [-0.3, -0.25) is 0 Å². The standard InChI is InChI=1S/C15H18N/c1-12-9-13(2)16(14(3)10-12)11-15-7-5-4-6-8-15/h4-10H,11H2,1-3H3/q+1. The topological polar surface area (TPSA) is 3.88 Å². The fourth-order valence-corrected chi connectivity index (χ4v) is 2.15. The molecular weight excluding hydrogens is 194 g/mol. The molecule has 0 aliphatic heterocycles. The zero-order chi connectivity index (χ0) is 11.5. The number of benzene rings is 1. The maximum Gasteiger partial charge on any atom is 0.179 e. The molecule has 0 amide bonds. The molecular formula is C15H18N+. The van der Waals surface area contributed by atoms with Crippen molar-refractivity contribution in [3.8, 4) is 0 Å². The fraction of sp³-hybridized carbons (Fsp3) is 0.267. The number of nitrogens with zero attached hydrogens (tertiary/aromatic N) is 1. The molecule has 1 aromatic carbocycles. The summed E-state index contributed by atoms with van der Waals surface area (Å²) in [4.78, 5) is 0. The highest BCUT2D eigenvalue weighted by Crippen LogP contribution is 2.04. The van der Waals surface area contributed by atoms with E-state index in [-0.39, 0.29) is 0 Å². The summed E-state index contributed by atoms with van der Waals surface area (Å²) in [6, 6.07) is 15.1. The van der Waals surface area contributed by atoms with Crippen LogP contribution in [0.25, 0.3) is 0 Å². The van der Waals surface area contributed by atoms with E-state index in [0.717, 1.165) is 6.54 Å². The van der Waals surface area contributed by atoms with E-state index in [2.05, 4.69) is 67.8 Å². The SMILES string of the molecule is Cc1cc(C)[n+](Cc2ccccc2)c(C)c1. The second kappa shape index (κ2) is 4.48. The first-order valence-electron chi connectivity index (χ1n) is 5.68. The van der Waals surface area contributed by atoms with Crippen molar-refractivity contribution in [2.45, 2.75) is 27.3 Å². The molecule has 0 radical (unpaired) electrons. The highest BCUT2D eigenvalue weighted by Gasteiger charge is 2.11. The van der Waals surface area contributed by atoms with Crippen LogP contribution in [0.4, 0.5) is 0 Å². The Labute approximate surface area is 97.4 Å². The van der Waals surface area contributed by atoms with Gasteiger partial charge in [0, 0.05) is 31.5 Å². The van der Waals surface area contributed by atoms with Crippen LogP contribution in [0.5, 0.6) is 0 Å². The summed E-state index contributed by atoms with van der Waals surface area (Å²) in [5.74, 6) is 0. The Balaban J connectivity index is 2.35. The predicted octanol–water partition coefficient (Wildman–Crippen LogP) is 2.95. The Morgan fingerprint density at radius 2 is 1.44 bits per heavy atom. The van der Waals surface area contributed by atoms with E-state index >= 15 is 0 Å². The maximum atomic E-state index is 2.35. The Hall–Kier alpha value is -1.63. The Kier molecular flexibility index (Phi) is 3.04. The number of hydrogen-bond acceptors (Lipinski definition) is 0. The first-order valence-corrected chi connectivity index (χ1v) is 5.68. The summed E-state index contributed by atoms with van der Waals surface area (Å²) >= 11 is 0. The van der Waals surface area contributed by atoms with Crippen LogP contribution in [0.1, 0.15) is 22.5 Å². The largest absolute Gasteiger partial charge is 0.196 e. The number of hydrogen-bond donors (Lipinski definition) is 0. The van der Waals surface area contributed by atoms with Gasteiger partial charge in [-0.15, -0.1) is 0 Å². The van der Waals surface area contributed by atoms with Crippen molar-refractivity contribution < 1.29 is 4.57 Å². The van der Waals surface area contributed by atoms with Gasteiger partial charge in [0.15, 0.2) is 17.9 Å². The summed E-state index contributed by atoms with van der Waals surface area (Å²) in [6.45, 7) is 7.44. The molecule has 0 atom stereocenters. The van der Waals surface area contributed by atoms with Crippen molar-refractivity contribution >= 4 is 0 Å². The average molecular weight is 212 g/mol. The molecule has 1 nitrogen and oxygen atoms in total. The van der Waals surface area contributed by atoms with Crippen LogP contribution < -0.4 is 4.57 Å². The lowest BCUT2D eigenvalue weighted by atomic mass is 10.1. The summed E-state index contributed by atoms with van der Waals surface area (Å²) in [5.41, 5.74) is 5.32. The fourth-order valence-electron chi connectivity index (χ4n) is 2.15. The van der Waals surface area contributed by atoms with Crippen molar-refractivity contribution in [3.63, 3.8) is 0 Å². The normalized spacial score (nSPS) is 10.4. The van der Waals surface area contributed by atoms with Crippen LogP contribution in [-0.4, -0.2) is 0 Å². The van der Waals surface area contributed by atoms with Crippen LogP contribution >= 0.6 is 0 Å². The van der Waals surface area contributed by atoms with Crippen LogP contribution in [0.2, 0.25) is 0 Å². The van der Waals surface area contributed by atoms with E-state index in [1.165, 1.54) is 22.5 Å². The Bertz CT molecular complexity index is 463. The molecule has 2 aromatic rings. The number of aromatic nitrogens is 1. The van der Waals surface area contributed by atoms with Gasteiger partial charge in [0.2, 0.25) is 0 Å². The van der Waals surface area contributed by atoms with Crippen molar-refractivity contribution in [1.29, 1.82) is 0 Å². The molecule has 0 spiro atoms. The molecule has 0 saturated heterocycles. The van der Waals surface area contributed by atoms with Crippen LogP contribution in [0.15, 0.2) is 42.5 Å². The molecule has 2 rings (SSSR count). The van der Waals surface area contributed by atoms with Gasteiger partial charge in [-0.1, -0.05) is 30.3 Å². The molecule has 1 heteroatoms. The highest BCUT2D eigenvalue weighted by molar-refractivity contribution is 5.16. The maximum absolute atomic E-state index is 2.35. The predicted molar refractivity (Wildman–Crippen MR) is 66.4 cm³/mol. The lowest BCUT2D eigenvalue weighted by molar-refractivity contribution is -0.700. The van der Waals surface area contributed by atoms with Crippen LogP contribution in [0.3, 0.4) is 0 Å². The van der Waals surface area contributed by atoms with Crippen LogP contribution in [-0.2, 0) is 6.54 Å². The quantitative estimate of drug-likeness (QED) is 0.674. The third kappa shape index (κ3) is 2.30. The lowest BCUT2D eigenvalue weighted by Gasteiger charge is -2.05. The Morgan fingerprint density at radius 3 is 2.00 bits per heavy atom. The Morgan fingerprint density at radius 1 is 0.875 bits per heavy atom. The highest BCUT2D eigenvalue weighted by atomic mass is 15.0. The van der Waals surface area contributed by atoms with Gasteiger partial charge in [0.25, 0.3) is 0 Å². The second-order valence-corrected chi connectivity index (χ2v) is 4.39. The van der Waals surface area contributed by atoms with Gasteiger partial charge >= 0.3 is 0 Å². The molecule has 0 N–H and O–H groups in total. The molecule has 0 bridgehead atoms. The molecule has 0 aliphatic rings. The second-order valence-electron chi connectivity index (χ2n) is 4.39. The van der Waals surface area contributed by atoms with Gasteiger partial charge in [0.1, 0.15) is 0 Å². The van der Waals surface area contributed by atoms with Gasteiger partial charge in [-0.05, 0) is 12.5 Å². The summed E-state index contributed by atoms with van der Waals surface area (Å²) in [5, 5.41) is 0. The third-order valence-electron chi connectivity index (χ3n) is 2.91. The van der Waals surface area contributed by atoms with E-state index in [9.17, 15) is 0 Å². The average Bonchev–Trinajstić information content (AvgIpc) is 2.25. The van der Waals surface area contributed by atoms with E-state index < -0.39 is 0 Å². The molecule has 82 valence electrons. The number of aryl methyl sites for hydroxylation is 3. The molecule has 1 heterocycles. The lowest BCUT2D eigenvalue weighted by Crippen LogP contribution is -2.40. The first-order chi connectivity index (χ1) is 7.66. The minimum Gasteiger partial charge on any atom is -0.196 e. The first kappa shape index (κ1) is 10.9. The minimum atomic E-state index is 0.957.